The number of rotatable bonds is 13. The lowest BCUT2D eigenvalue weighted by atomic mass is 10.0. The SMILES string of the molecule is CNC(=O)C(Cc1ccccc1)N(Cc1ccccc1C)C(=O)CN(c1cc(OC)ccc1OC)S(=O)(=O)c1ccc(C)cc1. The zero-order valence-corrected chi connectivity index (χ0v) is 27.0. The van der Waals surface area contributed by atoms with Gasteiger partial charge in [-0.15, -0.1) is 0 Å². The number of carbonyl (C=O) groups excluding carboxylic acids is 2. The van der Waals surface area contributed by atoms with Crippen molar-refractivity contribution in [1.29, 1.82) is 0 Å². The Morgan fingerprint density at radius 3 is 2.13 bits per heavy atom. The van der Waals surface area contributed by atoms with Crippen molar-refractivity contribution in [3.05, 3.63) is 119 Å². The van der Waals surface area contributed by atoms with Gasteiger partial charge in [-0.2, -0.15) is 0 Å². The first-order chi connectivity index (χ1) is 21.6. The Bertz CT molecular complexity index is 1730. The predicted octanol–water partition coefficient (Wildman–Crippen LogP) is 4.90. The summed E-state index contributed by atoms with van der Waals surface area (Å²) in [6.07, 6.45) is 0.228. The number of carbonyl (C=O) groups is 2. The summed E-state index contributed by atoms with van der Waals surface area (Å²) in [6.45, 7) is 3.27. The molecule has 9 nitrogen and oxygen atoms in total. The van der Waals surface area contributed by atoms with Crippen LogP contribution in [0.4, 0.5) is 5.69 Å². The van der Waals surface area contributed by atoms with Gasteiger partial charge in [-0.1, -0.05) is 72.3 Å². The second-order valence-electron chi connectivity index (χ2n) is 10.6. The molecule has 0 fully saturated rings. The largest absolute Gasteiger partial charge is 0.497 e. The average molecular weight is 630 g/mol. The van der Waals surface area contributed by atoms with Crippen LogP contribution < -0.4 is 19.1 Å². The number of likely N-dealkylation sites (N-methyl/N-ethyl adjacent to an activating group) is 1. The summed E-state index contributed by atoms with van der Waals surface area (Å²) in [4.78, 5) is 29.5. The molecule has 0 saturated heterocycles. The van der Waals surface area contributed by atoms with Crippen LogP contribution in [-0.2, 0) is 32.6 Å². The number of ether oxygens (including phenoxy) is 2. The van der Waals surface area contributed by atoms with Gasteiger partial charge in [-0.3, -0.25) is 13.9 Å². The number of aryl methyl sites for hydroxylation is 2. The molecule has 4 aromatic rings. The molecule has 45 heavy (non-hydrogen) atoms. The Balaban J connectivity index is 1.86. The zero-order chi connectivity index (χ0) is 32.6. The molecule has 0 radical (unpaired) electrons. The number of sulfonamides is 1. The zero-order valence-electron chi connectivity index (χ0n) is 26.2. The van der Waals surface area contributed by atoms with Crippen molar-refractivity contribution in [2.45, 2.75) is 37.8 Å². The van der Waals surface area contributed by atoms with Gasteiger partial charge in [-0.05, 0) is 54.8 Å². The van der Waals surface area contributed by atoms with Crippen molar-refractivity contribution in [3.63, 3.8) is 0 Å². The van der Waals surface area contributed by atoms with E-state index in [1.165, 1.54) is 44.4 Å². The van der Waals surface area contributed by atoms with Crippen LogP contribution in [0.1, 0.15) is 22.3 Å². The molecule has 1 N–H and O–H groups in total. The molecule has 10 heteroatoms. The molecule has 0 spiro atoms. The molecule has 4 aromatic carbocycles. The van der Waals surface area contributed by atoms with E-state index in [2.05, 4.69) is 5.32 Å². The molecule has 0 aliphatic rings. The summed E-state index contributed by atoms with van der Waals surface area (Å²) >= 11 is 0. The minimum Gasteiger partial charge on any atom is -0.497 e. The highest BCUT2D eigenvalue weighted by atomic mass is 32.2. The van der Waals surface area contributed by atoms with Gasteiger partial charge in [0.05, 0.1) is 24.8 Å². The van der Waals surface area contributed by atoms with Crippen LogP contribution in [0.25, 0.3) is 0 Å². The van der Waals surface area contributed by atoms with Crippen LogP contribution in [0, 0.1) is 13.8 Å². The van der Waals surface area contributed by atoms with Crippen LogP contribution in [0.15, 0.2) is 102 Å². The Labute approximate surface area is 265 Å². The van der Waals surface area contributed by atoms with Gasteiger partial charge < -0.3 is 19.7 Å². The third-order valence-corrected chi connectivity index (χ3v) is 9.44. The maximum absolute atomic E-state index is 14.5. The quantitative estimate of drug-likeness (QED) is 0.226. The lowest BCUT2D eigenvalue weighted by Gasteiger charge is -2.34. The molecule has 0 aromatic heterocycles. The fourth-order valence-corrected chi connectivity index (χ4v) is 6.45. The molecule has 0 aliphatic carbocycles. The smallest absolute Gasteiger partial charge is 0.264 e. The highest BCUT2D eigenvalue weighted by Gasteiger charge is 2.35. The van der Waals surface area contributed by atoms with Gasteiger partial charge in [0.1, 0.15) is 24.1 Å². The Morgan fingerprint density at radius 1 is 0.844 bits per heavy atom. The van der Waals surface area contributed by atoms with E-state index < -0.39 is 28.5 Å². The highest BCUT2D eigenvalue weighted by Crippen LogP contribution is 2.36. The molecule has 2 amide bonds. The number of methoxy groups -OCH3 is 2. The molecule has 1 atom stereocenters. The third kappa shape index (κ3) is 7.82. The Kier molecular flexibility index (Phi) is 10.9. The van der Waals surface area contributed by atoms with Crippen molar-refractivity contribution < 1.29 is 27.5 Å². The first kappa shape index (κ1) is 33.1. The fourth-order valence-electron chi connectivity index (χ4n) is 5.03. The minimum atomic E-state index is -4.30. The van der Waals surface area contributed by atoms with Crippen molar-refractivity contribution in [3.8, 4) is 11.5 Å². The van der Waals surface area contributed by atoms with E-state index in [1.807, 2.05) is 68.4 Å². The second-order valence-corrected chi connectivity index (χ2v) is 12.5. The number of hydrogen-bond acceptors (Lipinski definition) is 6. The lowest BCUT2D eigenvalue weighted by Crippen LogP contribution is -2.53. The van der Waals surface area contributed by atoms with Gasteiger partial charge in [0.15, 0.2) is 0 Å². The number of amides is 2. The maximum atomic E-state index is 14.5. The summed E-state index contributed by atoms with van der Waals surface area (Å²) in [6, 6.07) is 27.2. The summed E-state index contributed by atoms with van der Waals surface area (Å²) in [5.74, 6) is -0.320. The molecule has 0 bridgehead atoms. The number of benzene rings is 4. The molecule has 0 heterocycles. The molecular formula is C35H39N3O6S. The minimum absolute atomic E-state index is 0.00311. The standard InChI is InChI=1S/C35H39N3O6S/c1-25-15-18-30(19-16-25)45(41,42)38(31-22-29(43-4)17-20-33(31)44-5)24-34(39)37(23-28-14-10-9-11-26(28)2)32(35(40)36-3)21-27-12-7-6-8-13-27/h6-20,22,32H,21,23-24H2,1-5H3,(H,36,40). The number of nitrogens with one attached hydrogen (secondary N) is 1. The molecule has 0 aliphatic heterocycles. The first-order valence-corrected chi connectivity index (χ1v) is 15.9. The monoisotopic (exact) mass is 629 g/mol. The van der Waals surface area contributed by atoms with Crippen LogP contribution in [0.3, 0.4) is 0 Å². The highest BCUT2D eigenvalue weighted by molar-refractivity contribution is 7.92. The van der Waals surface area contributed by atoms with Gasteiger partial charge >= 0.3 is 0 Å². The number of hydrogen-bond donors (Lipinski definition) is 1. The number of anilines is 1. The van der Waals surface area contributed by atoms with Crippen molar-refractivity contribution in [2.75, 3.05) is 32.1 Å². The van der Waals surface area contributed by atoms with Gasteiger partial charge in [0.25, 0.3) is 10.0 Å². The number of nitrogens with zero attached hydrogens (tertiary/aromatic N) is 2. The van der Waals surface area contributed by atoms with Crippen molar-refractivity contribution >= 4 is 27.5 Å². The van der Waals surface area contributed by atoms with Gasteiger partial charge in [0.2, 0.25) is 11.8 Å². The molecule has 236 valence electrons. The van der Waals surface area contributed by atoms with E-state index in [0.29, 0.717) is 5.75 Å². The van der Waals surface area contributed by atoms with E-state index in [1.54, 1.807) is 24.3 Å². The van der Waals surface area contributed by atoms with Crippen LogP contribution >= 0.6 is 0 Å². The first-order valence-electron chi connectivity index (χ1n) is 14.5. The Hall–Kier alpha value is -4.83. The van der Waals surface area contributed by atoms with Gasteiger partial charge in [-0.25, -0.2) is 8.42 Å². The third-order valence-electron chi connectivity index (χ3n) is 7.66. The van der Waals surface area contributed by atoms with E-state index in [4.69, 9.17) is 9.47 Å². The predicted molar refractivity (Wildman–Crippen MR) is 175 cm³/mol. The van der Waals surface area contributed by atoms with E-state index in [0.717, 1.165) is 26.6 Å². The summed E-state index contributed by atoms with van der Waals surface area (Å²) in [5.41, 5.74) is 3.63. The van der Waals surface area contributed by atoms with E-state index in [-0.39, 0.29) is 35.2 Å². The molecule has 1 unspecified atom stereocenters. The summed E-state index contributed by atoms with van der Waals surface area (Å²) in [5, 5.41) is 2.70. The van der Waals surface area contributed by atoms with Crippen molar-refractivity contribution in [2.24, 2.45) is 0 Å². The van der Waals surface area contributed by atoms with Crippen molar-refractivity contribution in [1.82, 2.24) is 10.2 Å². The summed E-state index contributed by atoms with van der Waals surface area (Å²) in [7, 11) is 0.117. The van der Waals surface area contributed by atoms with Crippen LogP contribution in [-0.4, -0.2) is 59.0 Å². The molecule has 0 saturated carbocycles. The van der Waals surface area contributed by atoms with E-state index >= 15 is 0 Å². The average Bonchev–Trinajstić information content (AvgIpc) is 3.05. The van der Waals surface area contributed by atoms with E-state index in [9.17, 15) is 18.0 Å². The Morgan fingerprint density at radius 2 is 1.51 bits per heavy atom. The topological polar surface area (TPSA) is 105 Å². The fraction of sp³-hybridized carbons (Fsp3) is 0.257. The van der Waals surface area contributed by atoms with Crippen LogP contribution in [0.5, 0.6) is 11.5 Å². The summed E-state index contributed by atoms with van der Waals surface area (Å²) < 4.78 is 40.6. The normalized spacial score (nSPS) is 11.8. The van der Waals surface area contributed by atoms with Crippen LogP contribution in [0.2, 0.25) is 0 Å². The molecule has 4 rings (SSSR count). The second kappa shape index (κ2) is 14.8. The maximum Gasteiger partial charge on any atom is 0.264 e. The molecular weight excluding hydrogens is 590 g/mol. The van der Waals surface area contributed by atoms with Gasteiger partial charge in [0, 0.05) is 26.1 Å². The lowest BCUT2D eigenvalue weighted by molar-refractivity contribution is -0.139.